The van der Waals surface area contributed by atoms with Gasteiger partial charge in [-0.1, -0.05) is 30.3 Å². The van der Waals surface area contributed by atoms with Gasteiger partial charge >= 0.3 is 6.03 Å². The Labute approximate surface area is 112 Å². The molecular weight excluding hydrogens is 246 g/mol. The first-order chi connectivity index (χ1) is 9.08. The van der Waals surface area contributed by atoms with Crippen LogP contribution in [0.15, 0.2) is 30.3 Å². The summed E-state index contributed by atoms with van der Waals surface area (Å²) < 4.78 is 0. The maximum atomic E-state index is 11.7. The first kappa shape index (κ1) is 15.1. The van der Waals surface area contributed by atoms with Crippen LogP contribution in [-0.2, 0) is 4.79 Å². The van der Waals surface area contributed by atoms with Gasteiger partial charge < -0.3 is 10.4 Å². The van der Waals surface area contributed by atoms with E-state index < -0.39 is 18.0 Å². The summed E-state index contributed by atoms with van der Waals surface area (Å²) in [7, 11) is 1.43. The Balaban J connectivity index is 2.61. The van der Waals surface area contributed by atoms with E-state index >= 15 is 0 Å². The van der Waals surface area contributed by atoms with Gasteiger partial charge in [0.05, 0.1) is 18.7 Å². The molecule has 0 aromatic heterocycles. The summed E-state index contributed by atoms with van der Waals surface area (Å²) in [5, 5.41) is 16.8. The fourth-order valence-electron chi connectivity index (χ4n) is 1.60. The van der Waals surface area contributed by atoms with E-state index in [-0.39, 0.29) is 12.6 Å². The van der Waals surface area contributed by atoms with Gasteiger partial charge in [0, 0.05) is 7.05 Å². The molecule has 1 rings (SSSR count). The predicted octanol–water partition coefficient (Wildman–Crippen LogP) is 0.154. The zero-order valence-electron chi connectivity index (χ0n) is 11.0. The van der Waals surface area contributed by atoms with Gasteiger partial charge in [0.2, 0.25) is 5.91 Å². The molecule has 1 aromatic rings. The van der Waals surface area contributed by atoms with Crippen molar-refractivity contribution >= 4 is 11.9 Å². The molecule has 0 saturated carbocycles. The van der Waals surface area contributed by atoms with Crippen LogP contribution in [0.3, 0.4) is 0 Å². The summed E-state index contributed by atoms with van der Waals surface area (Å²) in [4.78, 5) is 22.7. The molecule has 4 N–H and O–H groups in total. The Morgan fingerprint density at radius 2 is 1.89 bits per heavy atom. The van der Waals surface area contributed by atoms with Crippen LogP contribution in [0, 0.1) is 0 Å². The summed E-state index contributed by atoms with van der Waals surface area (Å²) in [5.74, 6) is -0.450. The van der Waals surface area contributed by atoms with E-state index in [0.29, 0.717) is 0 Å². The number of hydrogen-bond acceptors (Lipinski definition) is 4. The summed E-state index contributed by atoms with van der Waals surface area (Å²) >= 11 is 0. The van der Waals surface area contributed by atoms with Crippen LogP contribution >= 0.6 is 0 Å². The van der Waals surface area contributed by atoms with E-state index in [2.05, 4.69) is 16.0 Å². The zero-order valence-corrected chi connectivity index (χ0v) is 11.0. The van der Waals surface area contributed by atoms with Crippen molar-refractivity contribution < 1.29 is 14.7 Å². The van der Waals surface area contributed by atoms with Crippen LogP contribution in [0.1, 0.15) is 18.5 Å². The van der Waals surface area contributed by atoms with Crippen molar-refractivity contribution in [3.8, 4) is 0 Å². The minimum absolute atomic E-state index is 0.137. The van der Waals surface area contributed by atoms with Crippen molar-refractivity contribution in [2.75, 3.05) is 13.7 Å². The molecular formula is C13H19N3O3. The number of carbonyl (C=O) groups is 2. The second-order valence-corrected chi connectivity index (χ2v) is 4.10. The number of rotatable bonds is 5. The smallest absolute Gasteiger partial charge is 0.321 e. The Hall–Kier alpha value is -1.92. The van der Waals surface area contributed by atoms with E-state index in [1.165, 1.54) is 7.05 Å². The van der Waals surface area contributed by atoms with Crippen molar-refractivity contribution in [1.29, 1.82) is 0 Å². The summed E-state index contributed by atoms with van der Waals surface area (Å²) in [6.45, 7) is 1.49. The number of amides is 3. The number of benzene rings is 1. The normalized spacial score (nSPS) is 13.4. The molecule has 19 heavy (non-hydrogen) atoms. The van der Waals surface area contributed by atoms with Gasteiger partial charge in [0.25, 0.3) is 0 Å². The van der Waals surface area contributed by atoms with E-state index in [0.717, 1.165) is 5.56 Å². The highest BCUT2D eigenvalue weighted by atomic mass is 16.3. The lowest BCUT2D eigenvalue weighted by atomic mass is 10.1. The Morgan fingerprint density at radius 1 is 1.26 bits per heavy atom. The second-order valence-electron chi connectivity index (χ2n) is 4.10. The summed E-state index contributed by atoms with van der Waals surface area (Å²) in [6, 6.07) is 7.79. The first-order valence-corrected chi connectivity index (χ1v) is 6.03. The van der Waals surface area contributed by atoms with Crippen LogP contribution < -0.4 is 16.0 Å². The van der Waals surface area contributed by atoms with E-state index in [9.17, 15) is 14.7 Å². The topological polar surface area (TPSA) is 90.5 Å². The third kappa shape index (κ3) is 4.69. The number of aliphatic hydroxyl groups excluding tert-OH is 1. The van der Waals surface area contributed by atoms with Crippen molar-refractivity contribution in [3.05, 3.63) is 35.9 Å². The molecule has 2 unspecified atom stereocenters. The fourth-order valence-corrected chi connectivity index (χ4v) is 1.60. The second kappa shape index (κ2) is 7.50. The quantitative estimate of drug-likeness (QED) is 0.610. The standard InChI is InChI=1S/C13H19N3O3/c1-9(12(18)16-13(19)14-2)15-11(8-17)10-6-4-3-5-7-10/h3-7,9,11,15,17H,8H2,1-2H3,(H2,14,16,18,19). The number of urea groups is 1. The molecule has 104 valence electrons. The highest BCUT2D eigenvalue weighted by Gasteiger charge is 2.19. The zero-order chi connectivity index (χ0) is 14.3. The molecule has 1 aromatic carbocycles. The van der Waals surface area contributed by atoms with Crippen molar-refractivity contribution in [3.63, 3.8) is 0 Å². The van der Waals surface area contributed by atoms with Crippen LogP contribution in [0.25, 0.3) is 0 Å². The van der Waals surface area contributed by atoms with Crippen LogP contribution in [0.4, 0.5) is 4.79 Å². The van der Waals surface area contributed by atoms with Crippen molar-refractivity contribution in [2.24, 2.45) is 0 Å². The molecule has 0 bridgehead atoms. The predicted molar refractivity (Wildman–Crippen MR) is 71.5 cm³/mol. The highest BCUT2D eigenvalue weighted by molar-refractivity contribution is 5.96. The van der Waals surface area contributed by atoms with Gasteiger partial charge in [-0.15, -0.1) is 0 Å². The van der Waals surface area contributed by atoms with Gasteiger partial charge in [-0.3, -0.25) is 15.4 Å². The molecule has 0 radical (unpaired) electrons. The van der Waals surface area contributed by atoms with Gasteiger partial charge in [-0.25, -0.2) is 4.79 Å². The molecule has 0 aliphatic rings. The average molecular weight is 265 g/mol. The van der Waals surface area contributed by atoms with E-state index in [1.54, 1.807) is 6.92 Å². The molecule has 0 heterocycles. The maximum Gasteiger partial charge on any atom is 0.321 e. The van der Waals surface area contributed by atoms with E-state index in [4.69, 9.17) is 0 Å². The lowest BCUT2D eigenvalue weighted by Gasteiger charge is -2.21. The number of aliphatic hydroxyl groups is 1. The minimum Gasteiger partial charge on any atom is -0.394 e. The minimum atomic E-state index is -0.602. The van der Waals surface area contributed by atoms with Crippen molar-refractivity contribution in [1.82, 2.24) is 16.0 Å². The lowest BCUT2D eigenvalue weighted by Crippen LogP contribution is -2.48. The van der Waals surface area contributed by atoms with Crippen LogP contribution in [-0.4, -0.2) is 36.7 Å². The maximum absolute atomic E-state index is 11.7. The molecule has 0 saturated heterocycles. The third-order valence-corrected chi connectivity index (χ3v) is 2.69. The fraction of sp³-hybridized carbons (Fsp3) is 0.385. The molecule has 6 nitrogen and oxygen atoms in total. The average Bonchev–Trinajstić information content (AvgIpc) is 2.45. The monoisotopic (exact) mass is 265 g/mol. The van der Waals surface area contributed by atoms with E-state index in [1.807, 2.05) is 30.3 Å². The summed E-state index contributed by atoms with van der Waals surface area (Å²) in [6.07, 6.45) is 0. The molecule has 0 aliphatic heterocycles. The van der Waals surface area contributed by atoms with Crippen LogP contribution in [0.5, 0.6) is 0 Å². The molecule has 0 spiro atoms. The molecule has 0 fully saturated rings. The van der Waals surface area contributed by atoms with Gasteiger partial charge in [-0.2, -0.15) is 0 Å². The van der Waals surface area contributed by atoms with Gasteiger partial charge in [0.15, 0.2) is 0 Å². The third-order valence-electron chi connectivity index (χ3n) is 2.69. The molecule has 6 heteroatoms. The Kier molecular flexibility index (Phi) is 5.98. The first-order valence-electron chi connectivity index (χ1n) is 6.03. The number of imide groups is 1. The largest absolute Gasteiger partial charge is 0.394 e. The SMILES string of the molecule is CNC(=O)NC(=O)C(C)NC(CO)c1ccccc1. The Morgan fingerprint density at radius 3 is 2.42 bits per heavy atom. The number of hydrogen-bond donors (Lipinski definition) is 4. The van der Waals surface area contributed by atoms with Crippen molar-refractivity contribution in [2.45, 2.75) is 19.0 Å². The summed E-state index contributed by atoms with van der Waals surface area (Å²) in [5.41, 5.74) is 0.879. The van der Waals surface area contributed by atoms with Crippen LogP contribution in [0.2, 0.25) is 0 Å². The molecule has 3 amide bonds. The molecule has 2 atom stereocenters. The number of carbonyl (C=O) groups excluding carboxylic acids is 2. The van der Waals surface area contributed by atoms with Gasteiger partial charge in [0.1, 0.15) is 0 Å². The molecule has 0 aliphatic carbocycles. The number of nitrogens with one attached hydrogen (secondary N) is 3. The lowest BCUT2D eigenvalue weighted by molar-refractivity contribution is -0.121. The van der Waals surface area contributed by atoms with Gasteiger partial charge in [-0.05, 0) is 12.5 Å². The highest BCUT2D eigenvalue weighted by Crippen LogP contribution is 2.12. The Bertz CT molecular complexity index is 422.